The molecule has 0 saturated carbocycles. The van der Waals surface area contributed by atoms with E-state index in [-0.39, 0.29) is 12.2 Å². The number of aryl methyl sites for hydroxylation is 2. The van der Waals surface area contributed by atoms with Gasteiger partial charge in [0, 0.05) is 18.9 Å². The second-order valence-corrected chi connectivity index (χ2v) is 11.0. The number of hydrogen-bond acceptors (Lipinski definition) is 6. The van der Waals surface area contributed by atoms with Crippen LogP contribution in [0.1, 0.15) is 36.0 Å². The molecule has 0 bridgehead atoms. The van der Waals surface area contributed by atoms with Gasteiger partial charge in [0.15, 0.2) is 0 Å². The molecule has 1 N–H and O–H groups in total. The zero-order chi connectivity index (χ0) is 26.6. The summed E-state index contributed by atoms with van der Waals surface area (Å²) in [4.78, 5) is 11.9. The molecule has 1 fully saturated rings. The van der Waals surface area contributed by atoms with Crippen LogP contribution in [-0.2, 0) is 19.6 Å². The largest absolute Gasteiger partial charge is 0.496 e. The van der Waals surface area contributed by atoms with Gasteiger partial charge in [-0.25, -0.2) is 8.42 Å². The van der Waals surface area contributed by atoms with Gasteiger partial charge >= 0.3 is 0 Å². The first-order valence-corrected chi connectivity index (χ1v) is 14.0. The van der Waals surface area contributed by atoms with Crippen molar-refractivity contribution in [1.82, 2.24) is 4.72 Å². The van der Waals surface area contributed by atoms with Crippen molar-refractivity contribution in [2.24, 2.45) is 0 Å². The summed E-state index contributed by atoms with van der Waals surface area (Å²) in [7, 11) is -2.09. The van der Waals surface area contributed by atoms with Crippen molar-refractivity contribution in [2.45, 2.75) is 33.1 Å². The van der Waals surface area contributed by atoms with Crippen LogP contribution in [0.15, 0.2) is 54.6 Å². The third-order valence-corrected chi connectivity index (χ3v) is 7.87. The van der Waals surface area contributed by atoms with E-state index in [0.29, 0.717) is 31.1 Å². The van der Waals surface area contributed by atoms with Crippen LogP contribution in [0.5, 0.6) is 11.5 Å². The summed E-state index contributed by atoms with van der Waals surface area (Å²) in [6, 6.07) is 18.1. The number of nitrogens with one attached hydrogen (secondary N) is 1. The molecule has 0 spiro atoms. The normalized spacial score (nSPS) is 16.8. The number of hydrogen-bond donors (Lipinski definition) is 1. The van der Waals surface area contributed by atoms with Gasteiger partial charge in [-0.1, -0.05) is 30.3 Å². The highest BCUT2D eigenvalue weighted by Crippen LogP contribution is 2.37. The second-order valence-electron chi connectivity index (χ2n) is 9.22. The van der Waals surface area contributed by atoms with E-state index >= 15 is 0 Å². The average Bonchev–Trinajstić information content (AvgIpc) is 2.85. The number of sulfonamides is 1. The predicted molar refractivity (Wildman–Crippen MR) is 145 cm³/mol. The molecule has 0 radical (unpaired) electrons. The zero-order valence-electron chi connectivity index (χ0n) is 21.7. The number of methoxy groups -OCH3 is 1. The molecule has 3 aromatic rings. The lowest BCUT2D eigenvalue weighted by atomic mass is 9.91. The highest BCUT2D eigenvalue weighted by molar-refractivity contribution is 7.90. The van der Waals surface area contributed by atoms with E-state index in [4.69, 9.17) is 14.2 Å². The van der Waals surface area contributed by atoms with Crippen molar-refractivity contribution in [1.29, 1.82) is 0 Å². The average molecular weight is 524 g/mol. The van der Waals surface area contributed by atoms with Gasteiger partial charge in [0.2, 0.25) is 15.9 Å². The molecule has 37 heavy (non-hydrogen) atoms. The molecule has 0 aromatic heterocycles. The van der Waals surface area contributed by atoms with Crippen molar-refractivity contribution >= 4 is 15.9 Å². The molecule has 0 aliphatic carbocycles. The Hall–Kier alpha value is -3.36. The van der Waals surface area contributed by atoms with E-state index < -0.39 is 21.8 Å². The Morgan fingerprint density at radius 2 is 1.65 bits per heavy atom. The molecule has 7 nitrogen and oxygen atoms in total. The minimum absolute atomic E-state index is 0.105. The van der Waals surface area contributed by atoms with Gasteiger partial charge in [-0.3, -0.25) is 9.52 Å². The molecule has 8 heteroatoms. The molecule has 1 aliphatic rings. The van der Waals surface area contributed by atoms with Crippen LogP contribution in [0, 0.1) is 13.8 Å². The predicted octanol–water partition coefficient (Wildman–Crippen LogP) is 4.99. The SMILES string of the molecule is CCOCCOc1cc(C)c(-c2cccc(-c3ccc(C4CC(=O)NS(=O)(=O)C4)c(OC)c3)c2)c(C)c1. The minimum Gasteiger partial charge on any atom is -0.496 e. The topological polar surface area (TPSA) is 90.9 Å². The van der Waals surface area contributed by atoms with Crippen LogP contribution in [0.4, 0.5) is 0 Å². The molecular formula is C29H33NO6S. The molecular weight excluding hydrogens is 490 g/mol. The smallest absolute Gasteiger partial charge is 0.235 e. The second kappa shape index (κ2) is 11.4. The first-order chi connectivity index (χ1) is 17.7. The summed E-state index contributed by atoms with van der Waals surface area (Å²) in [5.74, 6) is 0.306. The van der Waals surface area contributed by atoms with E-state index in [0.717, 1.165) is 39.1 Å². The van der Waals surface area contributed by atoms with Gasteiger partial charge in [-0.2, -0.15) is 0 Å². The Labute approximate surface area is 218 Å². The third-order valence-electron chi connectivity index (χ3n) is 6.49. The van der Waals surface area contributed by atoms with E-state index in [1.807, 2.05) is 49.4 Å². The lowest BCUT2D eigenvalue weighted by Crippen LogP contribution is -2.40. The first kappa shape index (κ1) is 26.7. The van der Waals surface area contributed by atoms with Crippen molar-refractivity contribution in [3.05, 3.63) is 71.3 Å². The monoisotopic (exact) mass is 523 g/mol. The van der Waals surface area contributed by atoms with Crippen LogP contribution in [-0.4, -0.2) is 47.0 Å². The quantitative estimate of drug-likeness (QED) is 0.397. The molecule has 3 aromatic carbocycles. The highest BCUT2D eigenvalue weighted by atomic mass is 32.2. The molecule has 1 saturated heterocycles. The van der Waals surface area contributed by atoms with Gasteiger partial charge in [0.1, 0.15) is 18.1 Å². The Morgan fingerprint density at radius 3 is 2.32 bits per heavy atom. The van der Waals surface area contributed by atoms with Gasteiger partial charge in [0.25, 0.3) is 0 Å². The molecule has 1 amide bonds. The standard InChI is InChI=1S/C29H33NO6S/c1-5-35-11-12-36-25-13-19(2)29(20(3)14-25)23-8-6-7-21(15-23)22-9-10-26(27(16-22)34-4)24-17-28(31)30-37(32,33)18-24/h6-10,13-16,24H,5,11-12,17-18H2,1-4H3,(H,30,31). The van der Waals surface area contributed by atoms with Crippen molar-refractivity contribution in [3.63, 3.8) is 0 Å². The fraction of sp³-hybridized carbons (Fsp3) is 0.345. The zero-order valence-corrected chi connectivity index (χ0v) is 22.5. The maximum Gasteiger partial charge on any atom is 0.235 e. The number of ether oxygens (including phenoxy) is 3. The van der Waals surface area contributed by atoms with Gasteiger partial charge in [-0.05, 0) is 84.0 Å². The lowest BCUT2D eigenvalue weighted by molar-refractivity contribution is -0.119. The Bertz CT molecular complexity index is 1380. The van der Waals surface area contributed by atoms with Gasteiger partial charge in [0.05, 0.1) is 19.5 Å². The highest BCUT2D eigenvalue weighted by Gasteiger charge is 2.32. The molecule has 1 heterocycles. The molecule has 1 aliphatic heterocycles. The Kier molecular flexibility index (Phi) is 8.19. The molecule has 1 unspecified atom stereocenters. The van der Waals surface area contributed by atoms with Crippen molar-refractivity contribution in [3.8, 4) is 33.8 Å². The van der Waals surface area contributed by atoms with Crippen LogP contribution in [0.3, 0.4) is 0 Å². The summed E-state index contributed by atoms with van der Waals surface area (Å²) in [6.07, 6.45) is 0.105. The van der Waals surface area contributed by atoms with E-state index in [1.54, 1.807) is 7.11 Å². The summed E-state index contributed by atoms with van der Waals surface area (Å²) in [5, 5.41) is 0. The van der Waals surface area contributed by atoms with Crippen LogP contribution >= 0.6 is 0 Å². The van der Waals surface area contributed by atoms with E-state index in [1.165, 1.54) is 0 Å². The third kappa shape index (κ3) is 6.32. The Balaban J connectivity index is 1.62. The fourth-order valence-corrected chi connectivity index (χ4v) is 6.25. The molecule has 196 valence electrons. The number of rotatable bonds is 9. The number of benzene rings is 3. The summed E-state index contributed by atoms with van der Waals surface area (Å²) in [6.45, 7) is 7.87. The fourth-order valence-electron chi connectivity index (χ4n) is 4.91. The van der Waals surface area contributed by atoms with Crippen LogP contribution in [0.25, 0.3) is 22.3 Å². The number of carbonyl (C=O) groups excluding carboxylic acids is 1. The summed E-state index contributed by atoms with van der Waals surface area (Å²) in [5.41, 5.74) is 7.14. The van der Waals surface area contributed by atoms with E-state index in [2.05, 4.69) is 30.7 Å². The van der Waals surface area contributed by atoms with Gasteiger partial charge < -0.3 is 14.2 Å². The minimum atomic E-state index is -3.64. The lowest BCUT2D eigenvalue weighted by Gasteiger charge is -2.24. The van der Waals surface area contributed by atoms with E-state index in [9.17, 15) is 13.2 Å². The van der Waals surface area contributed by atoms with Gasteiger partial charge in [-0.15, -0.1) is 0 Å². The van der Waals surface area contributed by atoms with Crippen LogP contribution in [0.2, 0.25) is 0 Å². The Morgan fingerprint density at radius 1 is 0.946 bits per heavy atom. The van der Waals surface area contributed by atoms with Crippen LogP contribution < -0.4 is 14.2 Å². The molecule has 4 rings (SSSR count). The maximum absolute atomic E-state index is 12.1. The van der Waals surface area contributed by atoms with Crippen molar-refractivity contribution < 1.29 is 27.4 Å². The number of amides is 1. The first-order valence-electron chi connectivity index (χ1n) is 12.3. The summed E-state index contributed by atoms with van der Waals surface area (Å²) < 4.78 is 43.0. The van der Waals surface area contributed by atoms with Crippen molar-refractivity contribution in [2.75, 3.05) is 32.7 Å². The number of carbonyl (C=O) groups is 1. The summed E-state index contributed by atoms with van der Waals surface area (Å²) >= 11 is 0. The maximum atomic E-state index is 12.1. The molecule has 1 atom stereocenters.